The first-order valence-electron chi connectivity index (χ1n) is 11.3. The largest absolute Gasteiger partial charge is 0.508 e. The molecule has 0 bridgehead atoms. The van der Waals surface area contributed by atoms with Crippen molar-refractivity contribution in [3.8, 4) is 17.1 Å². The normalized spacial score (nSPS) is 18.4. The van der Waals surface area contributed by atoms with E-state index < -0.39 is 11.6 Å². The summed E-state index contributed by atoms with van der Waals surface area (Å²) in [5, 5.41) is 22.1. The van der Waals surface area contributed by atoms with Crippen molar-refractivity contribution in [3.63, 3.8) is 0 Å². The summed E-state index contributed by atoms with van der Waals surface area (Å²) in [6.07, 6.45) is 0.701. The van der Waals surface area contributed by atoms with Crippen LogP contribution in [0, 0.1) is 0 Å². The van der Waals surface area contributed by atoms with Gasteiger partial charge < -0.3 is 19.5 Å². The molecule has 7 heteroatoms. The molecular weight excluding hydrogens is 432 g/mol. The fourth-order valence-electron chi connectivity index (χ4n) is 5.15. The van der Waals surface area contributed by atoms with E-state index in [1.54, 1.807) is 35.8 Å². The minimum Gasteiger partial charge on any atom is -0.508 e. The third kappa shape index (κ3) is 2.83. The molecule has 34 heavy (non-hydrogen) atoms. The van der Waals surface area contributed by atoms with Crippen LogP contribution in [-0.4, -0.2) is 25.7 Å². The smallest absolute Gasteiger partial charge is 0.343 e. The molecule has 0 fully saturated rings. The highest BCUT2D eigenvalue weighted by Crippen LogP contribution is 2.41. The summed E-state index contributed by atoms with van der Waals surface area (Å²) in [7, 11) is 0. The van der Waals surface area contributed by atoms with Crippen LogP contribution >= 0.6 is 0 Å². The van der Waals surface area contributed by atoms with Crippen LogP contribution in [0.2, 0.25) is 0 Å². The van der Waals surface area contributed by atoms with E-state index >= 15 is 0 Å². The number of ether oxygens (including phenoxy) is 1. The predicted molar refractivity (Wildman–Crippen MR) is 125 cm³/mol. The number of rotatable bonds is 3. The molecule has 0 saturated heterocycles. The van der Waals surface area contributed by atoms with E-state index in [0.29, 0.717) is 41.0 Å². The molecule has 1 atom stereocenters. The van der Waals surface area contributed by atoms with E-state index in [1.165, 1.54) is 0 Å². The fraction of sp³-hybridized carbons (Fsp3) is 0.222. The Labute approximate surface area is 194 Å². The van der Waals surface area contributed by atoms with E-state index in [4.69, 9.17) is 9.72 Å². The average molecular weight is 454 g/mol. The third-order valence-corrected chi connectivity index (χ3v) is 7.01. The number of fused-ring (bicyclic) bond motifs is 5. The molecule has 0 aliphatic carbocycles. The zero-order valence-electron chi connectivity index (χ0n) is 18.5. The Morgan fingerprint density at radius 3 is 2.65 bits per heavy atom. The number of aromatic nitrogens is 2. The number of pyridine rings is 2. The van der Waals surface area contributed by atoms with Crippen LogP contribution in [0.4, 0.5) is 0 Å². The second-order valence-corrected chi connectivity index (χ2v) is 8.88. The van der Waals surface area contributed by atoms with Crippen molar-refractivity contribution in [2.24, 2.45) is 0 Å². The van der Waals surface area contributed by atoms with Gasteiger partial charge in [-0.25, -0.2) is 9.78 Å². The van der Waals surface area contributed by atoms with Gasteiger partial charge in [-0.15, -0.1) is 0 Å². The summed E-state index contributed by atoms with van der Waals surface area (Å²) in [5.74, 6) is -0.591. The van der Waals surface area contributed by atoms with Crippen molar-refractivity contribution in [1.82, 2.24) is 9.55 Å². The third-order valence-electron chi connectivity index (χ3n) is 7.01. The summed E-state index contributed by atoms with van der Waals surface area (Å²) in [4.78, 5) is 30.8. The van der Waals surface area contributed by atoms with Gasteiger partial charge in [0.15, 0.2) is 5.60 Å². The Bertz CT molecular complexity index is 1560. The van der Waals surface area contributed by atoms with Crippen molar-refractivity contribution in [2.45, 2.75) is 38.5 Å². The second-order valence-electron chi connectivity index (χ2n) is 8.88. The fourth-order valence-corrected chi connectivity index (χ4v) is 5.15. The van der Waals surface area contributed by atoms with Crippen molar-refractivity contribution >= 4 is 16.9 Å². The van der Waals surface area contributed by atoms with Crippen LogP contribution in [0.5, 0.6) is 5.75 Å². The number of esters is 1. The standard InChI is InChI=1S/C27H22N2O5/c1-2-27(33)21-12-23-24-19(13-29(23)25(31)20(21)14-34-26(27)32)17(10-15-6-4-3-5-7-15)18-11-16(30)8-9-22(18)28-24/h3-9,11-12,30,33H,2,10,13-14H2,1H3/t27-/m0/s1. The second kappa shape index (κ2) is 7.27. The van der Waals surface area contributed by atoms with Crippen LogP contribution in [0.25, 0.3) is 22.3 Å². The molecule has 4 heterocycles. The number of carbonyl (C=O) groups excluding carboxylic acids is 1. The number of carbonyl (C=O) groups is 1. The van der Waals surface area contributed by atoms with Gasteiger partial charge in [0, 0.05) is 16.5 Å². The zero-order chi connectivity index (χ0) is 23.6. The molecule has 0 amide bonds. The lowest BCUT2D eigenvalue weighted by molar-refractivity contribution is -0.172. The van der Waals surface area contributed by atoms with Gasteiger partial charge in [-0.05, 0) is 48.2 Å². The highest BCUT2D eigenvalue weighted by atomic mass is 16.6. The Hall–Kier alpha value is -3.97. The van der Waals surface area contributed by atoms with E-state index in [9.17, 15) is 19.8 Å². The Balaban J connectivity index is 1.63. The average Bonchev–Trinajstić information content (AvgIpc) is 3.21. The number of hydrogen-bond acceptors (Lipinski definition) is 6. The number of phenols is 1. The maximum absolute atomic E-state index is 13.5. The maximum atomic E-state index is 13.5. The molecule has 6 rings (SSSR count). The lowest BCUT2D eigenvalue weighted by atomic mass is 9.86. The highest BCUT2D eigenvalue weighted by molar-refractivity contribution is 5.90. The quantitative estimate of drug-likeness (QED) is 0.406. The molecule has 4 aromatic rings. The molecule has 0 spiro atoms. The van der Waals surface area contributed by atoms with Crippen LogP contribution in [0.3, 0.4) is 0 Å². The lowest BCUT2D eigenvalue weighted by Gasteiger charge is -2.31. The maximum Gasteiger partial charge on any atom is 0.343 e. The summed E-state index contributed by atoms with van der Waals surface area (Å²) in [6.45, 7) is 1.84. The predicted octanol–water partition coefficient (Wildman–Crippen LogP) is 3.38. The first kappa shape index (κ1) is 20.6. The first-order chi connectivity index (χ1) is 16.4. The summed E-state index contributed by atoms with van der Waals surface area (Å²) in [6, 6.07) is 16.8. The topological polar surface area (TPSA) is 102 Å². The summed E-state index contributed by atoms with van der Waals surface area (Å²) >= 11 is 0. The van der Waals surface area contributed by atoms with Gasteiger partial charge in [0.25, 0.3) is 5.56 Å². The van der Waals surface area contributed by atoms with Crippen molar-refractivity contribution < 1.29 is 19.7 Å². The molecule has 2 N–H and O–H groups in total. The number of phenolic OH excluding ortho intramolecular Hbond substituents is 1. The number of aliphatic hydroxyl groups is 1. The summed E-state index contributed by atoms with van der Waals surface area (Å²) < 4.78 is 6.80. The molecule has 170 valence electrons. The minimum atomic E-state index is -1.86. The molecular formula is C27H22N2O5. The van der Waals surface area contributed by atoms with E-state index in [1.807, 2.05) is 30.3 Å². The van der Waals surface area contributed by atoms with Crippen LogP contribution in [-0.2, 0) is 34.7 Å². The Morgan fingerprint density at radius 2 is 1.88 bits per heavy atom. The molecule has 2 aromatic heterocycles. The van der Waals surface area contributed by atoms with Crippen LogP contribution in [0.1, 0.15) is 41.2 Å². The van der Waals surface area contributed by atoms with Crippen LogP contribution in [0.15, 0.2) is 59.4 Å². The monoisotopic (exact) mass is 454 g/mol. The molecule has 7 nitrogen and oxygen atoms in total. The molecule has 2 aliphatic rings. The Morgan fingerprint density at radius 1 is 1.09 bits per heavy atom. The van der Waals surface area contributed by atoms with Gasteiger partial charge in [-0.3, -0.25) is 4.79 Å². The van der Waals surface area contributed by atoms with Crippen molar-refractivity contribution in [3.05, 3.63) is 92.8 Å². The highest BCUT2D eigenvalue weighted by Gasteiger charge is 2.45. The number of benzene rings is 2. The molecule has 0 unspecified atom stereocenters. The number of aromatic hydroxyl groups is 1. The molecule has 0 radical (unpaired) electrons. The summed E-state index contributed by atoms with van der Waals surface area (Å²) in [5.41, 5.74) is 3.36. The lowest BCUT2D eigenvalue weighted by Crippen LogP contribution is -2.44. The van der Waals surface area contributed by atoms with Gasteiger partial charge in [-0.1, -0.05) is 37.3 Å². The van der Waals surface area contributed by atoms with Crippen molar-refractivity contribution in [2.75, 3.05) is 0 Å². The number of hydrogen-bond donors (Lipinski definition) is 2. The Kier molecular flexibility index (Phi) is 4.41. The van der Waals surface area contributed by atoms with Gasteiger partial charge in [-0.2, -0.15) is 0 Å². The number of cyclic esters (lactones) is 1. The van der Waals surface area contributed by atoms with Gasteiger partial charge >= 0.3 is 5.97 Å². The van der Waals surface area contributed by atoms with Gasteiger partial charge in [0.2, 0.25) is 0 Å². The molecule has 2 aliphatic heterocycles. The molecule has 0 saturated carbocycles. The minimum absolute atomic E-state index is 0.0955. The van der Waals surface area contributed by atoms with Crippen molar-refractivity contribution in [1.29, 1.82) is 0 Å². The number of nitrogens with zero attached hydrogens (tertiary/aromatic N) is 2. The van der Waals surface area contributed by atoms with E-state index in [2.05, 4.69) is 0 Å². The van der Waals surface area contributed by atoms with E-state index in [0.717, 1.165) is 22.1 Å². The van der Waals surface area contributed by atoms with E-state index in [-0.39, 0.29) is 24.3 Å². The van der Waals surface area contributed by atoms with Gasteiger partial charge in [0.05, 0.1) is 29.0 Å². The van der Waals surface area contributed by atoms with Gasteiger partial charge in [0.1, 0.15) is 12.4 Å². The molecule has 2 aromatic carbocycles. The SMILES string of the molecule is CC[C@@]1(O)C(=O)OCc2c1cc1n(c2=O)Cc2c-1nc1ccc(O)cc1c2Cc1ccccc1. The first-order valence-corrected chi connectivity index (χ1v) is 11.3. The zero-order valence-corrected chi connectivity index (χ0v) is 18.5. The van der Waals surface area contributed by atoms with Crippen LogP contribution < -0.4 is 5.56 Å².